The molecule has 0 aromatic heterocycles. The first-order valence-corrected chi connectivity index (χ1v) is 5.95. The molecule has 96 valence electrons. The lowest BCUT2D eigenvalue weighted by molar-refractivity contribution is -0.132. The Morgan fingerprint density at radius 3 is 2.72 bits per heavy atom. The van der Waals surface area contributed by atoms with Crippen LogP contribution < -0.4 is 4.74 Å². The maximum Gasteiger partial charge on any atom is 0.226 e. The van der Waals surface area contributed by atoms with Crippen LogP contribution in [0, 0.1) is 11.3 Å². The van der Waals surface area contributed by atoms with Gasteiger partial charge in [-0.1, -0.05) is 18.2 Å². The lowest BCUT2D eigenvalue weighted by Crippen LogP contribution is -2.35. The third kappa shape index (κ3) is 4.46. The molecule has 1 aromatic carbocycles. The summed E-state index contributed by atoms with van der Waals surface area (Å²) in [6.07, 6.45) is 0.670. The highest BCUT2D eigenvalue weighted by atomic mass is 16.5. The lowest BCUT2D eigenvalue weighted by atomic mass is 10.2. The van der Waals surface area contributed by atoms with Gasteiger partial charge in [0, 0.05) is 13.1 Å². The van der Waals surface area contributed by atoms with Crippen LogP contribution in [-0.2, 0) is 4.79 Å². The first-order valence-electron chi connectivity index (χ1n) is 5.95. The van der Waals surface area contributed by atoms with Gasteiger partial charge in [0.2, 0.25) is 5.91 Å². The molecule has 0 aliphatic rings. The zero-order chi connectivity index (χ0) is 13.4. The summed E-state index contributed by atoms with van der Waals surface area (Å²) in [5.74, 6) is 0.756. The monoisotopic (exact) mass is 246 g/mol. The molecule has 0 saturated heterocycles. The molecule has 0 aliphatic heterocycles. The summed E-state index contributed by atoms with van der Waals surface area (Å²) in [6, 6.07) is 11.4. The largest absolute Gasteiger partial charge is 0.493 e. The van der Waals surface area contributed by atoms with E-state index in [2.05, 4.69) is 6.07 Å². The van der Waals surface area contributed by atoms with Gasteiger partial charge in [0.1, 0.15) is 5.75 Å². The van der Waals surface area contributed by atoms with Crippen LogP contribution in [0.3, 0.4) is 0 Å². The number of rotatable bonds is 6. The third-order valence-corrected chi connectivity index (χ3v) is 2.77. The number of benzene rings is 1. The van der Waals surface area contributed by atoms with E-state index in [9.17, 15) is 4.79 Å². The van der Waals surface area contributed by atoms with E-state index in [-0.39, 0.29) is 11.9 Å². The van der Waals surface area contributed by atoms with E-state index in [0.29, 0.717) is 19.4 Å². The van der Waals surface area contributed by atoms with Crippen LogP contribution in [0.15, 0.2) is 30.3 Å². The number of carbonyl (C=O) groups is 1. The molecule has 0 aliphatic carbocycles. The Morgan fingerprint density at radius 1 is 1.44 bits per heavy atom. The van der Waals surface area contributed by atoms with Crippen molar-refractivity contribution in [1.29, 1.82) is 5.26 Å². The first-order chi connectivity index (χ1) is 8.65. The van der Waals surface area contributed by atoms with Crippen LogP contribution in [-0.4, -0.2) is 30.5 Å². The highest BCUT2D eigenvalue weighted by Gasteiger charge is 2.14. The molecule has 0 radical (unpaired) electrons. The molecule has 0 bridgehead atoms. The average Bonchev–Trinajstić information content (AvgIpc) is 2.39. The van der Waals surface area contributed by atoms with Gasteiger partial charge in [-0.15, -0.1) is 0 Å². The van der Waals surface area contributed by atoms with Crippen LogP contribution in [0.2, 0.25) is 0 Å². The van der Waals surface area contributed by atoms with Gasteiger partial charge in [-0.25, -0.2) is 0 Å². The fourth-order valence-electron chi connectivity index (χ4n) is 1.46. The topological polar surface area (TPSA) is 53.3 Å². The van der Waals surface area contributed by atoms with Crippen LogP contribution >= 0.6 is 0 Å². The summed E-state index contributed by atoms with van der Waals surface area (Å²) in [4.78, 5) is 13.4. The SMILES string of the molecule is CC(CC#N)N(C)C(=O)CCOc1ccccc1. The summed E-state index contributed by atoms with van der Waals surface area (Å²) < 4.78 is 5.45. The van der Waals surface area contributed by atoms with Crippen molar-refractivity contribution >= 4 is 5.91 Å². The van der Waals surface area contributed by atoms with Crippen LogP contribution in [0.5, 0.6) is 5.75 Å². The van der Waals surface area contributed by atoms with Crippen LogP contribution in [0.25, 0.3) is 0 Å². The Balaban J connectivity index is 2.31. The fourth-order valence-corrected chi connectivity index (χ4v) is 1.46. The molecule has 0 heterocycles. The van der Waals surface area contributed by atoms with Gasteiger partial charge in [0.15, 0.2) is 0 Å². The molecule has 0 N–H and O–H groups in total. The van der Waals surface area contributed by atoms with E-state index < -0.39 is 0 Å². The van der Waals surface area contributed by atoms with Crippen molar-refractivity contribution in [2.45, 2.75) is 25.8 Å². The Bertz CT molecular complexity index is 412. The summed E-state index contributed by atoms with van der Waals surface area (Å²) in [7, 11) is 1.72. The highest BCUT2D eigenvalue weighted by Crippen LogP contribution is 2.09. The second-order valence-corrected chi connectivity index (χ2v) is 4.13. The van der Waals surface area contributed by atoms with Crippen molar-refractivity contribution in [2.75, 3.05) is 13.7 Å². The maximum absolute atomic E-state index is 11.8. The predicted octanol–water partition coefficient (Wildman–Crippen LogP) is 2.22. The van der Waals surface area contributed by atoms with E-state index in [0.717, 1.165) is 5.75 Å². The summed E-state index contributed by atoms with van der Waals surface area (Å²) >= 11 is 0. The highest BCUT2D eigenvalue weighted by molar-refractivity contribution is 5.76. The lowest BCUT2D eigenvalue weighted by Gasteiger charge is -2.22. The van der Waals surface area contributed by atoms with E-state index in [1.54, 1.807) is 11.9 Å². The zero-order valence-electron chi connectivity index (χ0n) is 10.8. The second kappa shape index (κ2) is 7.33. The van der Waals surface area contributed by atoms with Gasteiger partial charge < -0.3 is 9.64 Å². The van der Waals surface area contributed by atoms with Gasteiger partial charge in [0.25, 0.3) is 0 Å². The molecule has 1 rings (SSSR count). The Morgan fingerprint density at radius 2 is 2.11 bits per heavy atom. The minimum Gasteiger partial charge on any atom is -0.493 e. The number of hydrogen-bond acceptors (Lipinski definition) is 3. The standard InChI is InChI=1S/C14H18N2O2/c1-12(8-10-15)16(2)14(17)9-11-18-13-6-4-3-5-7-13/h3-7,12H,8-9,11H2,1-2H3. The van der Waals surface area contributed by atoms with Gasteiger partial charge >= 0.3 is 0 Å². The summed E-state index contributed by atoms with van der Waals surface area (Å²) in [6.45, 7) is 2.21. The minimum absolute atomic E-state index is 0.00585. The fraction of sp³-hybridized carbons (Fsp3) is 0.429. The number of ether oxygens (including phenoxy) is 1. The summed E-state index contributed by atoms with van der Waals surface area (Å²) in [5.41, 5.74) is 0. The number of amides is 1. The number of carbonyl (C=O) groups excluding carboxylic acids is 1. The number of hydrogen-bond donors (Lipinski definition) is 0. The molecule has 0 fully saturated rings. The maximum atomic E-state index is 11.8. The summed E-state index contributed by atoms with van der Waals surface area (Å²) in [5, 5.41) is 8.58. The molecule has 4 heteroatoms. The van der Waals surface area contributed by atoms with Crippen molar-refractivity contribution in [2.24, 2.45) is 0 Å². The van der Waals surface area contributed by atoms with Crippen molar-refractivity contribution in [1.82, 2.24) is 4.90 Å². The Hall–Kier alpha value is -2.02. The molecule has 1 aromatic rings. The average molecular weight is 246 g/mol. The number of nitriles is 1. The quantitative estimate of drug-likeness (QED) is 0.773. The smallest absolute Gasteiger partial charge is 0.226 e. The number of nitrogens with zero attached hydrogens (tertiary/aromatic N) is 2. The van der Waals surface area contributed by atoms with Crippen LogP contribution in [0.4, 0.5) is 0 Å². The molecule has 4 nitrogen and oxygen atoms in total. The Kier molecular flexibility index (Phi) is 5.72. The van der Waals surface area contributed by atoms with Crippen molar-refractivity contribution < 1.29 is 9.53 Å². The van der Waals surface area contributed by atoms with Gasteiger partial charge in [-0.2, -0.15) is 5.26 Å². The van der Waals surface area contributed by atoms with Crippen molar-refractivity contribution in [3.63, 3.8) is 0 Å². The molecule has 1 amide bonds. The zero-order valence-corrected chi connectivity index (χ0v) is 10.8. The molecular weight excluding hydrogens is 228 g/mol. The third-order valence-electron chi connectivity index (χ3n) is 2.77. The van der Waals surface area contributed by atoms with E-state index in [1.807, 2.05) is 37.3 Å². The van der Waals surface area contributed by atoms with Crippen molar-refractivity contribution in [3.05, 3.63) is 30.3 Å². The molecular formula is C14H18N2O2. The first kappa shape index (κ1) is 14.0. The normalized spacial score (nSPS) is 11.4. The molecule has 18 heavy (non-hydrogen) atoms. The van der Waals surface area contributed by atoms with E-state index >= 15 is 0 Å². The number of para-hydroxylation sites is 1. The van der Waals surface area contributed by atoms with E-state index in [4.69, 9.17) is 10.00 Å². The van der Waals surface area contributed by atoms with E-state index in [1.165, 1.54) is 0 Å². The second-order valence-electron chi connectivity index (χ2n) is 4.13. The molecule has 1 unspecified atom stereocenters. The van der Waals surface area contributed by atoms with Crippen LogP contribution in [0.1, 0.15) is 19.8 Å². The predicted molar refractivity (Wildman–Crippen MR) is 69.0 cm³/mol. The van der Waals surface area contributed by atoms with Gasteiger partial charge in [-0.3, -0.25) is 4.79 Å². The van der Waals surface area contributed by atoms with Crippen molar-refractivity contribution in [3.8, 4) is 11.8 Å². The molecule has 0 spiro atoms. The van der Waals surface area contributed by atoms with Gasteiger partial charge in [0.05, 0.1) is 25.5 Å². The minimum atomic E-state index is -0.0563. The van der Waals surface area contributed by atoms with Gasteiger partial charge in [-0.05, 0) is 19.1 Å². The Labute approximate surface area is 108 Å². The molecule has 1 atom stereocenters. The molecule has 0 saturated carbocycles.